The molecule has 0 saturated carbocycles. The first-order valence-corrected chi connectivity index (χ1v) is 5.81. The summed E-state index contributed by atoms with van der Waals surface area (Å²) in [6.45, 7) is 4.64. The van der Waals surface area contributed by atoms with Crippen molar-refractivity contribution in [2.24, 2.45) is 0 Å². The van der Waals surface area contributed by atoms with Gasteiger partial charge >= 0.3 is 0 Å². The number of piperidine rings is 1. The first-order chi connectivity index (χ1) is 7.68. The fraction of sp³-hybridized carbons (Fsp3) is 0.727. The minimum absolute atomic E-state index is 0.0273. The van der Waals surface area contributed by atoms with Crippen molar-refractivity contribution in [3.63, 3.8) is 0 Å². The molecule has 0 aromatic carbocycles. The molecular formula is C11H18N2O3. The van der Waals surface area contributed by atoms with Crippen LogP contribution in [0.1, 0.15) is 39.5 Å². The summed E-state index contributed by atoms with van der Waals surface area (Å²) < 4.78 is 0. The molecule has 1 unspecified atom stereocenters. The first kappa shape index (κ1) is 12.7. The van der Waals surface area contributed by atoms with Crippen molar-refractivity contribution in [1.82, 2.24) is 10.2 Å². The lowest BCUT2D eigenvalue weighted by molar-refractivity contribution is -0.143. The molecule has 90 valence electrons. The second-order valence-corrected chi connectivity index (χ2v) is 3.66. The number of rotatable bonds is 1. The van der Waals surface area contributed by atoms with Crippen LogP contribution < -0.4 is 5.32 Å². The summed E-state index contributed by atoms with van der Waals surface area (Å²) in [6.07, 6.45) is 2.14. The van der Waals surface area contributed by atoms with Gasteiger partial charge < -0.3 is 4.90 Å². The van der Waals surface area contributed by atoms with E-state index in [2.05, 4.69) is 5.32 Å². The van der Waals surface area contributed by atoms with Crippen LogP contribution in [0.4, 0.5) is 0 Å². The molecule has 1 N–H and O–H groups in total. The van der Waals surface area contributed by atoms with E-state index in [1.54, 1.807) is 4.90 Å². The van der Waals surface area contributed by atoms with Gasteiger partial charge in [-0.05, 0) is 12.8 Å². The van der Waals surface area contributed by atoms with E-state index in [4.69, 9.17) is 0 Å². The number of nitrogens with one attached hydrogen (secondary N) is 1. The molecule has 3 amide bonds. The zero-order valence-electron chi connectivity index (χ0n) is 9.78. The molecule has 0 aliphatic carbocycles. The van der Waals surface area contributed by atoms with Crippen molar-refractivity contribution in [1.29, 1.82) is 0 Å². The Kier molecular flexibility index (Phi) is 4.46. The lowest BCUT2D eigenvalue weighted by Gasteiger charge is -2.29. The Labute approximate surface area is 95.2 Å². The number of nitrogens with zero attached hydrogens (tertiary/aromatic N) is 1. The maximum absolute atomic E-state index is 11.4. The van der Waals surface area contributed by atoms with E-state index < -0.39 is 6.04 Å². The smallest absolute Gasteiger partial charge is 0.249 e. The minimum atomic E-state index is -0.414. The first-order valence-electron chi connectivity index (χ1n) is 5.81. The average molecular weight is 226 g/mol. The van der Waals surface area contributed by atoms with Crippen molar-refractivity contribution < 1.29 is 14.4 Å². The number of imide groups is 1. The van der Waals surface area contributed by atoms with E-state index in [9.17, 15) is 14.4 Å². The fourth-order valence-electron chi connectivity index (χ4n) is 1.98. The molecular weight excluding hydrogens is 208 g/mol. The number of hydrogen-bond acceptors (Lipinski definition) is 3. The van der Waals surface area contributed by atoms with Crippen LogP contribution >= 0.6 is 0 Å². The van der Waals surface area contributed by atoms with E-state index in [0.29, 0.717) is 25.8 Å². The Hall–Kier alpha value is -1.39. The predicted molar refractivity (Wildman–Crippen MR) is 58.5 cm³/mol. The molecule has 2 aliphatic rings. The molecule has 5 heteroatoms. The summed E-state index contributed by atoms with van der Waals surface area (Å²) in [4.78, 5) is 35.2. The molecule has 5 nitrogen and oxygen atoms in total. The van der Waals surface area contributed by atoms with Crippen LogP contribution in [0.25, 0.3) is 0 Å². The van der Waals surface area contributed by atoms with Crippen LogP contribution in [0.5, 0.6) is 0 Å². The van der Waals surface area contributed by atoms with Gasteiger partial charge in [0.25, 0.3) is 0 Å². The second-order valence-electron chi connectivity index (χ2n) is 3.66. The summed E-state index contributed by atoms with van der Waals surface area (Å²) in [5.74, 6) is -0.533. The Morgan fingerprint density at radius 1 is 1.19 bits per heavy atom. The number of hydrogen-bond donors (Lipinski definition) is 1. The van der Waals surface area contributed by atoms with Gasteiger partial charge in [-0.1, -0.05) is 13.8 Å². The third kappa shape index (κ3) is 2.59. The Balaban J connectivity index is 0.000000606. The standard InChI is InChI=1S/C9H12N2O3.C2H6/c12-7-4-3-6(9(14)10-7)11-5-1-2-8(11)13;1-2/h6H,1-5H2,(H,10,12,14);1-2H3. The van der Waals surface area contributed by atoms with Gasteiger partial charge in [-0.3, -0.25) is 19.7 Å². The van der Waals surface area contributed by atoms with Crippen LogP contribution in [0.3, 0.4) is 0 Å². The van der Waals surface area contributed by atoms with Gasteiger partial charge in [-0.15, -0.1) is 0 Å². The third-order valence-corrected chi connectivity index (χ3v) is 2.70. The molecule has 0 spiro atoms. The number of carbonyl (C=O) groups is 3. The van der Waals surface area contributed by atoms with Gasteiger partial charge in [0, 0.05) is 19.4 Å². The highest BCUT2D eigenvalue weighted by atomic mass is 16.2. The largest absolute Gasteiger partial charge is 0.331 e. The Bertz CT molecular complexity index is 302. The van der Waals surface area contributed by atoms with Crippen LogP contribution in [-0.4, -0.2) is 35.2 Å². The van der Waals surface area contributed by atoms with E-state index in [1.807, 2.05) is 13.8 Å². The van der Waals surface area contributed by atoms with Crippen LogP contribution in [0.2, 0.25) is 0 Å². The van der Waals surface area contributed by atoms with Gasteiger partial charge in [-0.25, -0.2) is 0 Å². The summed E-state index contributed by atoms with van der Waals surface area (Å²) in [5.41, 5.74) is 0. The van der Waals surface area contributed by atoms with E-state index in [0.717, 1.165) is 6.42 Å². The van der Waals surface area contributed by atoms with Crippen LogP contribution in [-0.2, 0) is 14.4 Å². The second kappa shape index (κ2) is 5.63. The minimum Gasteiger partial charge on any atom is -0.331 e. The summed E-state index contributed by atoms with van der Waals surface area (Å²) >= 11 is 0. The highest BCUT2D eigenvalue weighted by Gasteiger charge is 2.36. The van der Waals surface area contributed by atoms with Crippen molar-refractivity contribution in [2.75, 3.05) is 6.54 Å². The lowest BCUT2D eigenvalue weighted by Crippen LogP contribution is -2.52. The molecule has 0 aromatic heterocycles. The average Bonchev–Trinajstić information content (AvgIpc) is 2.68. The highest BCUT2D eigenvalue weighted by Crippen LogP contribution is 2.19. The highest BCUT2D eigenvalue weighted by molar-refractivity contribution is 6.01. The zero-order chi connectivity index (χ0) is 12.1. The molecule has 2 heterocycles. The quantitative estimate of drug-likeness (QED) is 0.660. The molecule has 0 radical (unpaired) electrons. The molecule has 2 aliphatic heterocycles. The van der Waals surface area contributed by atoms with E-state index in [-0.39, 0.29) is 17.7 Å². The van der Waals surface area contributed by atoms with E-state index in [1.165, 1.54) is 0 Å². The van der Waals surface area contributed by atoms with Gasteiger partial charge in [0.05, 0.1) is 0 Å². The third-order valence-electron chi connectivity index (χ3n) is 2.70. The summed E-state index contributed by atoms with van der Waals surface area (Å²) in [7, 11) is 0. The lowest BCUT2D eigenvalue weighted by atomic mass is 10.1. The van der Waals surface area contributed by atoms with Gasteiger partial charge in [-0.2, -0.15) is 0 Å². The number of amides is 3. The number of likely N-dealkylation sites (tertiary alicyclic amines) is 1. The summed E-state index contributed by atoms with van der Waals surface area (Å²) in [5, 5.41) is 2.26. The van der Waals surface area contributed by atoms with Crippen LogP contribution in [0.15, 0.2) is 0 Å². The summed E-state index contributed by atoms with van der Waals surface area (Å²) in [6, 6.07) is -0.414. The Morgan fingerprint density at radius 3 is 2.38 bits per heavy atom. The molecule has 2 saturated heterocycles. The normalized spacial score (nSPS) is 25.0. The van der Waals surface area contributed by atoms with Crippen molar-refractivity contribution >= 4 is 17.7 Å². The molecule has 0 aromatic rings. The van der Waals surface area contributed by atoms with Gasteiger partial charge in [0.15, 0.2) is 0 Å². The van der Waals surface area contributed by atoms with Crippen LogP contribution in [0, 0.1) is 0 Å². The van der Waals surface area contributed by atoms with Crippen molar-refractivity contribution in [3.8, 4) is 0 Å². The van der Waals surface area contributed by atoms with Gasteiger partial charge in [0.1, 0.15) is 6.04 Å². The molecule has 16 heavy (non-hydrogen) atoms. The maximum atomic E-state index is 11.4. The topological polar surface area (TPSA) is 66.5 Å². The zero-order valence-corrected chi connectivity index (χ0v) is 9.78. The fourth-order valence-corrected chi connectivity index (χ4v) is 1.98. The molecule has 2 fully saturated rings. The SMILES string of the molecule is CC.O=C1CCC(N2CCCC2=O)C(=O)N1. The van der Waals surface area contributed by atoms with Crippen molar-refractivity contribution in [3.05, 3.63) is 0 Å². The Morgan fingerprint density at radius 2 is 1.88 bits per heavy atom. The monoisotopic (exact) mass is 226 g/mol. The number of carbonyl (C=O) groups excluding carboxylic acids is 3. The molecule has 0 bridgehead atoms. The predicted octanol–water partition coefficient (Wildman–Crippen LogP) is 0.440. The molecule has 1 atom stereocenters. The van der Waals surface area contributed by atoms with Crippen molar-refractivity contribution in [2.45, 2.75) is 45.6 Å². The molecule has 2 rings (SSSR count). The maximum Gasteiger partial charge on any atom is 0.249 e. The van der Waals surface area contributed by atoms with Gasteiger partial charge in [0.2, 0.25) is 17.7 Å². The van der Waals surface area contributed by atoms with E-state index >= 15 is 0 Å².